The van der Waals surface area contributed by atoms with E-state index in [0.29, 0.717) is 12.0 Å². The third kappa shape index (κ3) is 2.70. The lowest BCUT2D eigenvalue weighted by Crippen LogP contribution is -2.43. The van der Waals surface area contributed by atoms with Crippen LogP contribution in [0.15, 0.2) is 18.2 Å². The Kier molecular flexibility index (Phi) is 4.01. The first kappa shape index (κ1) is 15.9. The second kappa shape index (κ2) is 6.05. The molecule has 3 fully saturated rings. The molecule has 0 N–H and O–H groups in total. The Morgan fingerprint density at radius 1 is 1.29 bits per heavy atom. The number of rotatable bonds is 2. The normalized spacial score (nSPS) is 24.5. The highest BCUT2D eigenvalue weighted by Crippen LogP contribution is 2.32. The maximum atomic E-state index is 11.8. The Bertz CT molecular complexity index is 787. The fourth-order valence-electron chi connectivity index (χ4n) is 4.29. The van der Waals surface area contributed by atoms with Crippen molar-refractivity contribution >= 4 is 28.4 Å². The van der Waals surface area contributed by atoms with Gasteiger partial charge in [0.2, 0.25) is 5.91 Å². The molecule has 1 amide bonds. The number of benzene rings is 1. The van der Waals surface area contributed by atoms with Gasteiger partial charge < -0.3 is 4.90 Å². The molecule has 5 nitrogen and oxygen atoms in total. The average molecular weight is 347 g/mol. The van der Waals surface area contributed by atoms with Crippen LogP contribution in [0.4, 0.5) is 0 Å². The van der Waals surface area contributed by atoms with E-state index in [9.17, 15) is 4.79 Å². The van der Waals surface area contributed by atoms with Crippen molar-refractivity contribution in [1.82, 2.24) is 19.6 Å². The lowest BCUT2D eigenvalue weighted by Gasteiger charge is -2.35. The van der Waals surface area contributed by atoms with Crippen LogP contribution in [0.5, 0.6) is 0 Å². The molecule has 2 bridgehead atoms. The largest absolute Gasteiger partial charge is 0.341 e. The van der Waals surface area contributed by atoms with Crippen molar-refractivity contribution in [2.45, 2.75) is 32.4 Å². The summed E-state index contributed by atoms with van der Waals surface area (Å²) in [7, 11) is 1.97. The Hall–Kier alpha value is -1.59. The number of halogens is 1. The quantitative estimate of drug-likeness (QED) is 0.839. The molecule has 1 aromatic carbocycles. The predicted molar refractivity (Wildman–Crippen MR) is 94.9 cm³/mol. The van der Waals surface area contributed by atoms with E-state index in [4.69, 9.17) is 16.7 Å². The Morgan fingerprint density at radius 3 is 2.92 bits per heavy atom. The number of nitrogens with zero attached hydrogens (tertiary/aromatic N) is 4. The minimum Gasteiger partial charge on any atom is -0.341 e. The first-order valence-electron chi connectivity index (χ1n) is 8.62. The van der Waals surface area contributed by atoms with Gasteiger partial charge in [-0.05, 0) is 30.9 Å². The molecule has 5 rings (SSSR count). The number of piperidine rings is 1. The fourth-order valence-corrected chi connectivity index (χ4v) is 4.56. The van der Waals surface area contributed by atoms with Crippen molar-refractivity contribution in [1.29, 1.82) is 0 Å². The van der Waals surface area contributed by atoms with Crippen LogP contribution in [-0.4, -0.2) is 51.2 Å². The van der Waals surface area contributed by atoms with E-state index in [1.54, 1.807) is 6.92 Å². The van der Waals surface area contributed by atoms with E-state index in [-0.39, 0.29) is 5.91 Å². The molecule has 3 aliphatic rings. The van der Waals surface area contributed by atoms with E-state index in [0.717, 1.165) is 54.2 Å². The Balaban J connectivity index is 1.63. The van der Waals surface area contributed by atoms with Gasteiger partial charge >= 0.3 is 0 Å². The second-order valence-corrected chi connectivity index (χ2v) is 7.56. The molecule has 2 aromatic rings. The van der Waals surface area contributed by atoms with E-state index in [1.807, 2.05) is 28.8 Å². The van der Waals surface area contributed by atoms with Crippen LogP contribution >= 0.6 is 11.6 Å². The molecule has 0 unspecified atom stereocenters. The van der Waals surface area contributed by atoms with Crippen LogP contribution in [0.25, 0.3) is 10.9 Å². The van der Waals surface area contributed by atoms with Crippen LogP contribution in [0.3, 0.4) is 0 Å². The molecule has 0 radical (unpaired) electrons. The van der Waals surface area contributed by atoms with E-state index in [2.05, 4.69) is 11.0 Å². The summed E-state index contributed by atoms with van der Waals surface area (Å²) >= 11 is 6.44. The van der Waals surface area contributed by atoms with Crippen LogP contribution < -0.4 is 0 Å². The van der Waals surface area contributed by atoms with Crippen LogP contribution in [0.1, 0.15) is 25.5 Å². The molecule has 3 aliphatic heterocycles. The highest BCUT2D eigenvalue weighted by atomic mass is 35.5. The zero-order valence-electron chi connectivity index (χ0n) is 14.2. The smallest absolute Gasteiger partial charge is 0.219 e. The van der Waals surface area contributed by atoms with Crippen molar-refractivity contribution in [3.05, 3.63) is 28.9 Å². The first-order chi connectivity index (χ1) is 11.5. The summed E-state index contributed by atoms with van der Waals surface area (Å²) in [6.07, 6.45) is 2.38. The molecule has 0 saturated carbocycles. The second-order valence-electron chi connectivity index (χ2n) is 7.15. The highest BCUT2D eigenvalue weighted by molar-refractivity contribution is 6.35. The summed E-state index contributed by atoms with van der Waals surface area (Å²) in [6, 6.07) is 6.38. The van der Waals surface area contributed by atoms with Crippen molar-refractivity contribution in [2.24, 2.45) is 13.0 Å². The van der Waals surface area contributed by atoms with Gasteiger partial charge in [-0.25, -0.2) is 0 Å². The molecule has 2 atom stereocenters. The lowest BCUT2D eigenvalue weighted by molar-refractivity contribution is -0.129. The number of amides is 1. The zero-order chi connectivity index (χ0) is 16.8. The van der Waals surface area contributed by atoms with Gasteiger partial charge in [-0.1, -0.05) is 17.7 Å². The van der Waals surface area contributed by atoms with E-state index < -0.39 is 0 Å². The number of fused-ring (bicyclic) bond motifs is 5. The summed E-state index contributed by atoms with van der Waals surface area (Å²) in [6.45, 7) is 5.25. The maximum absolute atomic E-state index is 11.8. The van der Waals surface area contributed by atoms with Crippen molar-refractivity contribution in [3.63, 3.8) is 0 Å². The van der Waals surface area contributed by atoms with Gasteiger partial charge in [-0.2, -0.15) is 5.10 Å². The molecule has 4 heterocycles. The molecular weight excluding hydrogens is 324 g/mol. The maximum Gasteiger partial charge on any atom is 0.219 e. The van der Waals surface area contributed by atoms with Gasteiger partial charge in [-0.15, -0.1) is 0 Å². The van der Waals surface area contributed by atoms with E-state index >= 15 is 0 Å². The minimum absolute atomic E-state index is 0.195. The van der Waals surface area contributed by atoms with Crippen molar-refractivity contribution in [2.75, 3.05) is 19.6 Å². The standard InChI is InChI=1S/C18H23ClN4O/c1-12(24)22-8-13-6-7-14(10-22)23(9-13)11-16-18-15(19)4-3-5-17(18)21(2)20-16/h3-5,13-14H,6-11H2,1-2H3/t13-,14+/m0/s1. The minimum atomic E-state index is 0.195. The molecule has 24 heavy (non-hydrogen) atoms. The molecule has 128 valence electrons. The number of hydrogen-bond donors (Lipinski definition) is 0. The van der Waals surface area contributed by atoms with E-state index in [1.165, 1.54) is 6.42 Å². The lowest BCUT2D eigenvalue weighted by atomic mass is 9.95. The number of carbonyl (C=O) groups is 1. The number of hydrogen-bond acceptors (Lipinski definition) is 3. The van der Waals surface area contributed by atoms with Gasteiger partial charge in [0.05, 0.1) is 16.2 Å². The van der Waals surface area contributed by atoms with Gasteiger partial charge in [0.1, 0.15) is 0 Å². The zero-order valence-corrected chi connectivity index (χ0v) is 15.0. The average Bonchev–Trinajstić information content (AvgIpc) is 2.71. The number of aromatic nitrogens is 2. The summed E-state index contributed by atoms with van der Waals surface area (Å²) in [5.41, 5.74) is 2.11. The SMILES string of the molecule is CC(=O)N1C[C@@H]2CC[C@H](C1)N(Cc1nn(C)c3cccc(Cl)c13)C2. The molecule has 1 aromatic heterocycles. The van der Waals surface area contributed by atoms with Gasteiger partial charge in [-0.3, -0.25) is 14.4 Å². The Morgan fingerprint density at radius 2 is 2.12 bits per heavy atom. The van der Waals surface area contributed by atoms with Crippen LogP contribution in [0, 0.1) is 5.92 Å². The van der Waals surface area contributed by atoms with Crippen molar-refractivity contribution < 1.29 is 4.79 Å². The third-order valence-electron chi connectivity index (χ3n) is 5.52. The Labute approximate surface area is 147 Å². The fraction of sp³-hybridized carbons (Fsp3) is 0.556. The third-order valence-corrected chi connectivity index (χ3v) is 5.84. The van der Waals surface area contributed by atoms with Gasteiger partial charge in [0, 0.05) is 51.6 Å². The van der Waals surface area contributed by atoms with Gasteiger partial charge in [0.15, 0.2) is 0 Å². The van der Waals surface area contributed by atoms with Crippen molar-refractivity contribution in [3.8, 4) is 0 Å². The van der Waals surface area contributed by atoms with Crippen LogP contribution in [-0.2, 0) is 18.4 Å². The highest BCUT2D eigenvalue weighted by Gasteiger charge is 2.36. The molecule has 0 aliphatic carbocycles. The number of carbonyl (C=O) groups excluding carboxylic acids is 1. The molecular formula is C18H23ClN4O. The first-order valence-corrected chi connectivity index (χ1v) is 9.00. The topological polar surface area (TPSA) is 41.4 Å². The summed E-state index contributed by atoms with van der Waals surface area (Å²) < 4.78 is 1.91. The molecule has 6 heteroatoms. The summed E-state index contributed by atoms with van der Waals surface area (Å²) in [5, 5.41) is 6.55. The predicted octanol–water partition coefficient (Wildman–Crippen LogP) is 2.67. The molecule has 0 spiro atoms. The monoisotopic (exact) mass is 346 g/mol. The van der Waals surface area contributed by atoms with Crippen LogP contribution in [0.2, 0.25) is 5.02 Å². The summed E-state index contributed by atoms with van der Waals surface area (Å²) in [5.74, 6) is 0.762. The molecule has 3 saturated heterocycles. The summed E-state index contributed by atoms with van der Waals surface area (Å²) in [4.78, 5) is 16.4. The number of aryl methyl sites for hydroxylation is 1. The van der Waals surface area contributed by atoms with Gasteiger partial charge in [0.25, 0.3) is 0 Å².